The number of nitrogens with zero attached hydrogens (tertiary/aromatic N) is 1. The zero-order valence-electron chi connectivity index (χ0n) is 8.37. The van der Waals surface area contributed by atoms with Crippen LogP contribution in [0.3, 0.4) is 0 Å². The quantitative estimate of drug-likeness (QED) is 0.699. The predicted molar refractivity (Wildman–Crippen MR) is 58.6 cm³/mol. The molecule has 1 aliphatic heterocycles. The van der Waals surface area contributed by atoms with Crippen LogP contribution in [0.2, 0.25) is 0 Å². The van der Waals surface area contributed by atoms with Gasteiger partial charge in [0.2, 0.25) is 0 Å². The van der Waals surface area contributed by atoms with Gasteiger partial charge in [-0.05, 0) is 30.2 Å². The lowest BCUT2D eigenvalue weighted by molar-refractivity contribution is 0.282. The Morgan fingerprint density at radius 3 is 2.86 bits per heavy atom. The number of anilines is 1. The molecular weight excluding hydrogens is 174 g/mol. The molecular formula is C11H17N3. The van der Waals surface area contributed by atoms with Crippen LogP contribution >= 0.6 is 0 Å². The molecule has 0 radical (unpaired) electrons. The maximum Gasteiger partial charge on any atom is 0.0363 e. The fourth-order valence-electron chi connectivity index (χ4n) is 1.99. The molecule has 0 bridgehead atoms. The van der Waals surface area contributed by atoms with E-state index in [0.717, 1.165) is 38.3 Å². The fourth-order valence-corrected chi connectivity index (χ4v) is 1.99. The van der Waals surface area contributed by atoms with E-state index in [0.29, 0.717) is 0 Å². The van der Waals surface area contributed by atoms with E-state index in [2.05, 4.69) is 11.0 Å². The number of hydrogen-bond donors (Lipinski definition) is 2. The molecule has 0 aromatic heterocycles. The molecule has 1 heterocycles. The molecule has 0 spiro atoms. The molecule has 0 aliphatic carbocycles. The zero-order valence-corrected chi connectivity index (χ0v) is 8.37. The van der Waals surface area contributed by atoms with Crippen molar-refractivity contribution in [1.82, 2.24) is 4.90 Å². The first-order valence-corrected chi connectivity index (χ1v) is 5.10. The minimum Gasteiger partial charge on any atom is -0.398 e. The van der Waals surface area contributed by atoms with Crippen LogP contribution in [0.1, 0.15) is 17.5 Å². The third kappa shape index (κ3) is 1.74. The van der Waals surface area contributed by atoms with E-state index in [4.69, 9.17) is 11.5 Å². The Morgan fingerprint density at radius 2 is 2.14 bits per heavy atom. The van der Waals surface area contributed by atoms with Crippen molar-refractivity contribution in [1.29, 1.82) is 0 Å². The van der Waals surface area contributed by atoms with Gasteiger partial charge in [0.15, 0.2) is 0 Å². The summed E-state index contributed by atoms with van der Waals surface area (Å²) in [6.07, 6.45) is 1.06. The van der Waals surface area contributed by atoms with Gasteiger partial charge in [-0.15, -0.1) is 0 Å². The second-order valence-corrected chi connectivity index (χ2v) is 3.84. The van der Waals surface area contributed by atoms with E-state index in [1.54, 1.807) is 0 Å². The molecule has 14 heavy (non-hydrogen) atoms. The van der Waals surface area contributed by atoms with Crippen LogP contribution in [0, 0.1) is 0 Å². The molecule has 1 aromatic rings. The van der Waals surface area contributed by atoms with Crippen molar-refractivity contribution in [2.45, 2.75) is 19.5 Å². The van der Waals surface area contributed by atoms with Gasteiger partial charge in [-0.25, -0.2) is 0 Å². The molecule has 0 amide bonds. The second-order valence-electron chi connectivity index (χ2n) is 3.84. The Kier molecular flexibility index (Phi) is 2.70. The number of fused-ring (bicyclic) bond motifs is 1. The molecule has 0 saturated heterocycles. The third-order valence-corrected chi connectivity index (χ3v) is 2.76. The van der Waals surface area contributed by atoms with Crippen LogP contribution in [0.4, 0.5) is 5.69 Å². The van der Waals surface area contributed by atoms with E-state index < -0.39 is 0 Å². The highest BCUT2D eigenvalue weighted by atomic mass is 15.1. The van der Waals surface area contributed by atoms with Gasteiger partial charge in [0.25, 0.3) is 0 Å². The van der Waals surface area contributed by atoms with Gasteiger partial charge in [0.05, 0.1) is 0 Å². The third-order valence-electron chi connectivity index (χ3n) is 2.76. The van der Waals surface area contributed by atoms with Gasteiger partial charge < -0.3 is 11.5 Å². The van der Waals surface area contributed by atoms with Crippen LogP contribution in [-0.4, -0.2) is 18.0 Å². The van der Waals surface area contributed by atoms with Gasteiger partial charge >= 0.3 is 0 Å². The maximum absolute atomic E-state index is 5.91. The van der Waals surface area contributed by atoms with Gasteiger partial charge in [0, 0.05) is 25.3 Å². The van der Waals surface area contributed by atoms with Crippen molar-refractivity contribution in [2.75, 3.05) is 18.8 Å². The Bertz CT molecular complexity index is 322. The Hall–Kier alpha value is -1.06. The van der Waals surface area contributed by atoms with Crippen LogP contribution < -0.4 is 11.5 Å². The Labute approximate surface area is 84.7 Å². The van der Waals surface area contributed by atoms with Crippen LogP contribution in [0.25, 0.3) is 0 Å². The average Bonchev–Trinajstić information content (AvgIpc) is 2.59. The minimum atomic E-state index is 0.766. The summed E-state index contributed by atoms with van der Waals surface area (Å²) in [6.45, 7) is 3.86. The van der Waals surface area contributed by atoms with E-state index in [1.807, 2.05) is 12.1 Å². The molecule has 1 aliphatic rings. The fraction of sp³-hybridized carbons (Fsp3) is 0.455. The molecule has 3 heteroatoms. The summed E-state index contributed by atoms with van der Waals surface area (Å²) in [6, 6.07) is 6.17. The van der Waals surface area contributed by atoms with E-state index in [-0.39, 0.29) is 0 Å². The molecule has 3 nitrogen and oxygen atoms in total. The monoisotopic (exact) mass is 191 g/mol. The summed E-state index contributed by atoms with van der Waals surface area (Å²) in [5, 5.41) is 0. The van der Waals surface area contributed by atoms with Crippen molar-refractivity contribution in [2.24, 2.45) is 5.73 Å². The minimum absolute atomic E-state index is 0.766. The molecule has 76 valence electrons. The highest BCUT2D eigenvalue weighted by molar-refractivity contribution is 5.52. The van der Waals surface area contributed by atoms with Crippen molar-refractivity contribution in [3.05, 3.63) is 29.3 Å². The lowest BCUT2D eigenvalue weighted by Crippen LogP contribution is -2.20. The topological polar surface area (TPSA) is 55.3 Å². The largest absolute Gasteiger partial charge is 0.398 e. The second kappa shape index (κ2) is 3.98. The molecule has 0 saturated carbocycles. The Morgan fingerprint density at radius 1 is 1.29 bits per heavy atom. The first-order chi connectivity index (χ1) is 6.81. The lowest BCUT2D eigenvalue weighted by Gasteiger charge is -2.13. The summed E-state index contributed by atoms with van der Waals surface area (Å²) in [5.74, 6) is 0. The first-order valence-electron chi connectivity index (χ1n) is 5.10. The summed E-state index contributed by atoms with van der Waals surface area (Å²) in [7, 11) is 0. The van der Waals surface area contributed by atoms with Crippen molar-refractivity contribution in [3.8, 4) is 0 Å². The van der Waals surface area contributed by atoms with Crippen LogP contribution in [0.15, 0.2) is 18.2 Å². The van der Waals surface area contributed by atoms with Gasteiger partial charge in [-0.3, -0.25) is 4.90 Å². The molecule has 2 rings (SSSR count). The zero-order chi connectivity index (χ0) is 9.97. The molecule has 4 N–H and O–H groups in total. The number of rotatable bonds is 3. The van der Waals surface area contributed by atoms with E-state index in [1.165, 1.54) is 11.1 Å². The SMILES string of the molecule is NCCCN1Cc2cccc(N)c2C1. The standard InChI is InChI=1S/C11H17N3/c12-5-2-6-14-7-9-3-1-4-11(13)10(9)8-14/h1,3-4H,2,5-8,12-13H2. The molecule has 0 atom stereocenters. The normalized spacial score (nSPS) is 15.8. The lowest BCUT2D eigenvalue weighted by atomic mass is 10.1. The summed E-state index contributed by atoms with van der Waals surface area (Å²) in [5.41, 5.74) is 15.0. The van der Waals surface area contributed by atoms with Crippen molar-refractivity contribution < 1.29 is 0 Å². The highest BCUT2D eigenvalue weighted by Gasteiger charge is 2.19. The average molecular weight is 191 g/mol. The van der Waals surface area contributed by atoms with E-state index >= 15 is 0 Å². The summed E-state index contributed by atoms with van der Waals surface area (Å²) >= 11 is 0. The number of hydrogen-bond acceptors (Lipinski definition) is 3. The van der Waals surface area contributed by atoms with Gasteiger partial charge in [-0.1, -0.05) is 12.1 Å². The number of nitrogens with two attached hydrogens (primary N) is 2. The Balaban J connectivity index is 2.06. The molecule has 0 unspecified atom stereocenters. The number of benzene rings is 1. The predicted octanol–water partition coefficient (Wildman–Crippen LogP) is 0.933. The molecule has 1 aromatic carbocycles. The maximum atomic E-state index is 5.91. The highest BCUT2D eigenvalue weighted by Crippen LogP contribution is 2.27. The van der Waals surface area contributed by atoms with Crippen molar-refractivity contribution in [3.63, 3.8) is 0 Å². The van der Waals surface area contributed by atoms with Crippen LogP contribution in [-0.2, 0) is 13.1 Å². The first kappa shape index (κ1) is 9.49. The van der Waals surface area contributed by atoms with Gasteiger partial charge in [0.1, 0.15) is 0 Å². The smallest absolute Gasteiger partial charge is 0.0363 e. The number of nitrogen functional groups attached to an aromatic ring is 1. The molecule has 0 fully saturated rings. The summed E-state index contributed by atoms with van der Waals surface area (Å²) < 4.78 is 0. The van der Waals surface area contributed by atoms with Gasteiger partial charge in [-0.2, -0.15) is 0 Å². The van der Waals surface area contributed by atoms with Crippen LogP contribution in [0.5, 0.6) is 0 Å². The van der Waals surface area contributed by atoms with Crippen molar-refractivity contribution >= 4 is 5.69 Å². The summed E-state index contributed by atoms with van der Waals surface area (Å²) in [4.78, 5) is 2.40. The van der Waals surface area contributed by atoms with E-state index in [9.17, 15) is 0 Å².